The monoisotopic (exact) mass is 387 g/mol. The Balaban J connectivity index is 0.00000312. The quantitative estimate of drug-likeness (QED) is 0.736. The van der Waals surface area contributed by atoms with Crippen molar-refractivity contribution in [1.29, 1.82) is 0 Å². The number of carbonyl (C=O) groups is 2. The molecule has 0 radical (unpaired) electrons. The van der Waals surface area contributed by atoms with Crippen molar-refractivity contribution in [2.45, 2.75) is 39.2 Å². The van der Waals surface area contributed by atoms with Crippen molar-refractivity contribution in [3.63, 3.8) is 0 Å². The number of benzene rings is 1. The highest BCUT2D eigenvalue weighted by Gasteiger charge is 2.39. The Morgan fingerprint density at radius 1 is 1.48 bits per heavy atom. The first kappa shape index (κ1) is 21.7. The van der Waals surface area contributed by atoms with E-state index in [-0.39, 0.29) is 24.2 Å². The van der Waals surface area contributed by atoms with Gasteiger partial charge in [0.25, 0.3) is 0 Å². The summed E-state index contributed by atoms with van der Waals surface area (Å²) in [4.78, 5) is 26.9. The van der Waals surface area contributed by atoms with Crippen molar-refractivity contribution in [2.24, 2.45) is 17.6 Å². The lowest BCUT2D eigenvalue weighted by Gasteiger charge is -2.32. The maximum Gasteiger partial charge on any atom is 0.239 e. The zero-order chi connectivity index (χ0) is 17.9. The summed E-state index contributed by atoms with van der Waals surface area (Å²) in [6.07, 6.45) is 1.27. The van der Waals surface area contributed by atoms with E-state index in [0.717, 1.165) is 12.1 Å². The van der Waals surface area contributed by atoms with Crippen molar-refractivity contribution >= 4 is 41.5 Å². The van der Waals surface area contributed by atoms with Crippen LogP contribution in [0.5, 0.6) is 0 Å². The molecule has 0 aromatic heterocycles. The molecule has 2 atom stereocenters. The van der Waals surface area contributed by atoms with E-state index in [1.54, 1.807) is 23.1 Å². The lowest BCUT2D eigenvalue weighted by Crippen LogP contribution is -2.54. The summed E-state index contributed by atoms with van der Waals surface area (Å²) < 4.78 is 0. The first-order valence-electron chi connectivity index (χ1n) is 8.35. The molecule has 1 aromatic carbocycles. The van der Waals surface area contributed by atoms with Crippen molar-refractivity contribution in [1.82, 2.24) is 5.32 Å². The number of rotatable bonds is 6. The molecule has 3 N–H and O–H groups in total. The van der Waals surface area contributed by atoms with Crippen LogP contribution in [-0.4, -0.2) is 30.4 Å². The van der Waals surface area contributed by atoms with E-state index in [1.165, 1.54) is 0 Å². The average molecular weight is 388 g/mol. The Hall–Kier alpha value is -1.30. The van der Waals surface area contributed by atoms with Crippen LogP contribution in [-0.2, 0) is 9.59 Å². The Bertz CT molecular complexity index is 624. The van der Waals surface area contributed by atoms with Crippen molar-refractivity contribution in [3.05, 3.63) is 29.3 Å². The molecule has 2 amide bonds. The fourth-order valence-corrected chi connectivity index (χ4v) is 3.48. The summed E-state index contributed by atoms with van der Waals surface area (Å²) in [5, 5.41) is 3.56. The van der Waals surface area contributed by atoms with Crippen LogP contribution in [0.15, 0.2) is 24.3 Å². The fraction of sp³-hybridized carbons (Fsp3) is 0.556. The molecular formula is C18H27Cl2N3O2. The maximum absolute atomic E-state index is 12.6. The molecule has 1 aromatic rings. The van der Waals surface area contributed by atoms with Gasteiger partial charge in [-0.1, -0.05) is 31.5 Å². The van der Waals surface area contributed by atoms with Crippen LogP contribution in [0.2, 0.25) is 5.02 Å². The van der Waals surface area contributed by atoms with Crippen molar-refractivity contribution in [2.75, 3.05) is 18.0 Å². The van der Waals surface area contributed by atoms with Gasteiger partial charge in [-0.2, -0.15) is 0 Å². The third-order valence-corrected chi connectivity index (χ3v) is 4.61. The van der Waals surface area contributed by atoms with Gasteiger partial charge in [-0.15, -0.1) is 12.4 Å². The molecule has 1 fully saturated rings. The van der Waals surface area contributed by atoms with Crippen molar-refractivity contribution in [3.8, 4) is 0 Å². The minimum absolute atomic E-state index is 0. The molecule has 1 heterocycles. The second kappa shape index (κ2) is 8.88. The molecular weight excluding hydrogens is 361 g/mol. The molecule has 1 saturated heterocycles. The molecule has 0 spiro atoms. The fourth-order valence-electron chi connectivity index (χ4n) is 3.29. The molecule has 7 heteroatoms. The Labute approximate surface area is 160 Å². The molecule has 2 rings (SSSR count). The molecule has 5 nitrogen and oxygen atoms in total. The van der Waals surface area contributed by atoms with E-state index in [4.69, 9.17) is 17.3 Å². The van der Waals surface area contributed by atoms with Crippen molar-refractivity contribution < 1.29 is 9.59 Å². The standard InChI is InChI=1S/C18H26ClN3O2.ClH/c1-12(2)10-18(3,11-20)21-16(23)15-7-8-22(17(15)24)14-6-4-5-13(19)9-14;/h4-6,9,12,15H,7-8,10-11,20H2,1-3H3,(H,21,23);1H. The Morgan fingerprint density at radius 3 is 2.72 bits per heavy atom. The largest absolute Gasteiger partial charge is 0.349 e. The average Bonchev–Trinajstić information content (AvgIpc) is 2.88. The summed E-state index contributed by atoms with van der Waals surface area (Å²) >= 11 is 5.99. The van der Waals surface area contributed by atoms with Gasteiger partial charge in [0.15, 0.2) is 0 Å². The number of nitrogens with zero attached hydrogens (tertiary/aromatic N) is 1. The summed E-state index contributed by atoms with van der Waals surface area (Å²) in [5.41, 5.74) is 6.08. The highest BCUT2D eigenvalue weighted by atomic mass is 35.5. The number of carbonyl (C=O) groups excluding carboxylic acids is 2. The van der Waals surface area contributed by atoms with Crippen LogP contribution in [0.25, 0.3) is 0 Å². The number of anilines is 1. The predicted molar refractivity (Wildman–Crippen MR) is 104 cm³/mol. The van der Waals surface area contributed by atoms with Crippen LogP contribution >= 0.6 is 24.0 Å². The minimum Gasteiger partial charge on any atom is -0.349 e. The number of nitrogens with one attached hydrogen (secondary N) is 1. The third kappa shape index (κ3) is 5.33. The zero-order valence-corrected chi connectivity index (χ0v) is 16.5. The van der Waals surface area contributed by atoms with Gasteiger partial charge in [-0.3, -0.25) is 9.59 Å². The first-order valence-corrected chi connectivity index (χ1v) is 8.72. The number of halogens is 2. The first-order chi connectivity index (χ1) is 11.3. The third-order valence-electron chi connectivity index (χ3n) is 4.38. The van der Waals surface area contributed by atoms with Crippen LogP contribution in [0, 0.1) is 11.8 Å². The Morgan fingerprint density at radius 2 is 2.16 bits per heavy atom. The lowest BCUT2D eigenvalue weighted by atomic mass is 9.90. The number of nitrogens with two attached hydrogens (primary N) is 1. The SMILES string of the molecule is CC(C)CC(C)(CN)NC(=O)C1CCN(c2cccc(Cl)c2)C1=O.Cl. The van der Waals surface area contributed by atoms with Gasteiger partial charge in [0, 0.05) is 29.3 Å². The van der Waals surface area contributed by atoms with Crippen LogP contribution < -0.4 is 16.0 Å². The Kier molecular flexibility index (Phi) is 7.72. The molecule has 0 saturated carbocycles. The van der Waals surface area contributed by atoms with Crippen LogP contribution in [0.1, 0.15) is 33.6 Å². The second-order valence-corrected chi connectivity index (χ2v) is 7.60. The van der Waals surface area contributed by atoms with Gasteiger partial charge in [-0.05, 0) is 43.9 Å². The second-order valence-electron chi connectivity index (χ2n) is 7.16. The molecule has 0 bridgehead atoms. The normalized spacial score (nSPS) is 19.5. The lowest BCUT2D eigenvalue weighted by molar-refractivity contribution is -0.133. The maximum atomic E-state index is 12.6. The highest BCUT2D eigenvalue weighted by molar-refractivity contribution is 6.31. The topological polar surface area (TPSA) is 75.4 Å². The molecule has 2 unspecified atom stereocenters. The molecule has 140 valence electrons. The van der Waals surface area contributed by atoms with Gasteiger partial charge in [0.1, 0.15) is 5.92 Å². The minimum atomic E-state index is -0.665. The number of hydrogen-bond acceptors (Lipinski definition) is 3. The molecule has 1 aliphatic heterocycles. The van der Waals surface area contributed by atoms with E-state index < -0.39 is 11.5 Å². The van der Waals surface area contributed by atoms with E-state index in [2.05, 4.69) is 19.2 Å². The van der Waals surface area contributed by atoms with Gasteiger partial charge in [-0.25, -0.2) is 0 Å². The van der Waals surface area contributed by atoms with Gasteiger partial charge in [0.05, 0.1) is 0 Å². The van der Waals surface area contributed by atoms with Gasteiger partial charge >= 0.3 is 0 Å². The molecule has 1 aliphatic rings. The summed E-state index contributed by atoms with van der Waals surface area (Å²) in [7, 11) is 0. The summed E-state index contributed by atoms with van der Waals surface area (Å²) in [6, 6.07) is 7.12. The highest BCUT2D eigenvalue weighted by Crippen LogP contribution is 2.28. The van der Waals surface area contributed by atoms with Crippen LogP contribution in [0.4, 0.5) is 5.69 Å². The van der Waals surface area contributed by atoms with E-state index >= 15 is 0 Å². The summed E-state index contributed by atoms with van der Waals surface area (Å²) in [6.45, 7) is 6.96. The van der Waals surface area contributed by atoms with Gasteiger partial charge in [0.2, 0.25) is 11.8 Å². The van der Waals surface area contributed by atoms with E-state index in [9.17, 15) is 9.59 Å². The predicted octanol–water partition coefficient (Wildman–Crippen LogP) is 2.99. The zero-order valence-electron chi connectivity index (χ0n) is 14.9. The smallest absolute Gasteiger partial charge is 0.239 e. The van der Waals surface area contributed by atoms with Gasteiger partial charge < -0.3 is 16.0 Å². The van der Waals surface area contributed by atoms with Crippen LogP contribution in [0.3, 0.4) is 0 Å². The molecule has 25 heavy (non-hydrogen) atoms. The summed E-state index contributed by atoms with van der Waals surface area (Å²) in [5.74, 6) is -0.681. The molecule has 0 aliphatic carbocycles. The van der Waals surface area contributed by atoms with E-state index in [1.807, 2.05) is 13.0 Å². The number of hydrogen-bond donors (Lipinski definition) is 2. The van der Waals surface area contributed by atoms with E-state index in [0.29, 0.717) is 30.5 Å². The number of amides is 2.